The molecule has 0 saturated heterocycles. The SMILES string of the molecule is CNCCN(C)C(=O)Cc1ccc(C)c(OC)c1.Cl. The number of carbonyl (C=O) groups excluding carboxylic acids is 1. The zero-order valence-electron chi connectivity index (χ0n) is 12.0. The standard InChI is InChI=1S/C14H22N2O2.ClH/c1-11-5-6-12(9-13(11)18-4)10-14(17)16(3)8-7-15-2;/h5-6,9,15H,7-8,10H2,1-4H3;1H. The summed E-state index contributed by atoms with van der Waals surface area (Å²) in [5, 5.41) is 3.03. The Balaban J connectivity index is 0.00000324. The molecule has 0 radical (unpaired) electrons. The molecule has 0 atom stereocenters. The fourth-order valence-electron chi connectivity index (χ4n) is 1.69. The Bertz CT molecular complexity index is 410. The maximum absolute atomic E-state index is 12.0. The molecule has 0 aliphatic rings. The number of likely N-dealkylation sites (N-methyl/N-ethyl adjacent to an activating group) is 2. The fraction of sp³-hybridized carbons (Fsp3) is 0.500. The molecule has 4 nitrogen and oxygen atoms in total. The van der Waals surface area contributed by atoms with Crippen molar-refractivity contribution in [3.05, 3.63) is 29.3 Å². The summed E-state index contributed by atoms with van der Waals surface area (Å²) in [5.74, 6) is 0.953. The minimum Gasteiger partial charge on any atom is -0.496 e. The summed E-state index contributed by atoms with van der Waals surface area (Å²) in [6, 6.07) is 5.88. The van der Waals surface area contributed by atoms with Gasteiger partial charge in [-0.2, -0.15) is 0 Å². The minimum absolute atomic E-state index is 0. The molecule has 0 fully saturated rings. The van der Waals surface area contributed by atoms with Gasteiger partial charge >= 0.3 is 0 Å². The highest BCUT2D eigenvalue weighted by molar-refractivity contribution is 5.85. The lowest BCUT2D eigenvalue weighted by Gasteiger charge is -2.17. The van der Waals surface area contributed by atoms with Crippen molar-refractivity contribution in [3.8, 4) is 5.75 Å². The Morgan fingerprint density at radius 3 is 2.68 bits per heavy atom. The molecule has 0 aliphatic heterocycles. The molecular weight excluding hydrogens is 264 g/mol. The summed E-state index contributed by atoms with van der Waals surface area (Å²) in [5.41, 5.74) is 2.07. The molecule has 0 spiro atoms. The summed E-state index contributed by atoms with van der Waals surface area (Å²) < 4.78 is 5.26. The predicted octanol–water partition coefficient (Wildman–Crippen LogP) is 1.65. The van der Waals surface area contributed by atoms with Crippen LogP contribution in [0.25, 0.3) is 0 Å². The van der Waals surface area contributed by atoms with Gasteiger partial charge < -0.3 is 15.0 Å². The number of methoxy groups -OCH3 is 1. The first-order valence-electron chi connectivity index (χ1n) is 6.10. The largest absolute Gasteiger partial charge is 0.496 e. The molecular formula is C14H23ClN2O2. The van der Waals surface area contributed by atoms with Crippen molar-refractivity contribution in [1.82, 2.24) is 10.2 Å². The van der Waals surface area contributed by atoms with E-state index in [9.17, 15) is 4.79 Å². The summed E-state index contributed by atoms with van der Waals surface area (Å²) in [7, 11) is 5.35. The van der Waals surface area contributed by atoms with Gasteiger partial charge in [0.25, 0.3) is 0 Å². The zero-order valence-corrected chi connectivity index (χ0v) is 12.8. The highest BCUT2D eigenvalue weighted by Gasteiger charge is 2.10. The minimum atomic E-state index is 0. The van der Waals surface area contributed by atoms with E-state index in [1.54, 1.807) is 12.0 Å². The molecule has 0 unspecified atom stereocenters. The Hall–Kier alpha value is -1.26. The van der Waals surface area contributed by atoms with Crippen molar-refractivity contribution in [1.29, 1.82) is 0 Å². The van der Waals surface area contributed by atoms with Gasteiger partial charge in [0.1, 0.15) is 5.75 Å². The third kappa shape index (κ3) is 5.49. The number of benzene rings is 1. The molecule has 19 heavy (non-hydrogen) atoms. The first kappa shape index (κ1) is 17.7. The van der Waals surface area contributed by atoms with Gasteiger partial charge in [-0.1, -0.05) is 12.1 Å². The maximum atomic E-state index is 12.0. The van der Waals surface area contributed by atoms with Gasteiger partial charge in [-0.15, -0.1) is 12.4 Å². The van der Waals surface area contributed by atoms with E-state index >= 15 is 0 Å². The lowest BCUT2D eigenvalue weighted by atomic mass is 10.1. The van der Waals surface area contributed by atoms with Crippen LogP contribution in [0, 0.1) is 6.92 Å². The Morgan fingerprint density at radius 1 is 1.42 bits per heavy atom. The van der Waals surface area contributed by atoms with E-state index in [-0.39, 0.29) is 18.3 Å². The van der Waals surface area contributed by atoms with Gasteiger partial charge in [-0.3, -0.25) is 4.79 Å². The van der Waals surface area contributed by atoms with E-state index in [1.807, 2.05) is 39.2 Å². The van der Waals surface area contributed by atoms with Crippen LogP contribution < -0.4 is 10.1 Å². The van der Waals surface area contributed by atoms with Crippen LogP contribution in [0.1, 0.15) is 11.1 Å². The van der Waals surface area contributed by atoms with Crippen LogP contribution in [-0.4, -0.2) is 45.1 Å². The Labute approximate surface area is 121 Å². The van der Waals surface area contributed by atoms with Gasteiger partial charge in [-0.25, -0.2) is 0 Å². The quantitative estimate of drug-likeness (QED) is 0.864. The second-order valence-electron chi connectivity index (χ2n) is 4.40. The van der Waals surface area contributed by atoms with Crippen LogP contribution in [0.5, 0.6) is 5.75 Å². The first-order valence-corrected chi connectivity index (χ1v) is 6.10. The Morgan fingerprint density at radius 2 is 2.11 bits per heavy atom. The monoisotopic (exact) mass is 286 g/mol. The van der Waals surface area contributed by atoms with E-state index < -0.39 is 0 Å². The van der Waals surface area contributed by atoms with Gasteiger partial charge in [0.05, 0.1) is 13.5 Å². The van der Waals surface area contributed by atoms with Crippen LogP contribution in [-0.2, 0) is 11.2 Å². The van der Waals surface area contributed by atoms with E-state index in [2.05, 4.69) is 5.32 Å². The second kappa shape index (κ2) is 8.77. The van der Waals surface area contributed by atoms with Crippen molar-refractivity contribution in [3.63, 3.8) is 0 Å². The van der Waals surface area contributed by atoms with Crippen LogP contribution in [0.15, 0.2) is 18.2 Å². The number of amides is 1. The topological polar surface area (TPSA) is 41.6 Å². The smallest absolute Gasteiger partial charge is 0.226 e. The van der Waals surface area contributed by atoms with E-state index in [4.69, 9.17) is 4.74 Å². The molecule has 1 amide bonds. The summed E-state index contributed by atoms with van der Waals surface area (Å²) in [4.78, 5) is 13.7. The van der Waals surface area contributed by atoms with E-state index in [1.165, 1.54) is 0 Å². The highest BCUT2D eigenvalue weighted by Crippen LogP contribution is 2.19. The second-order valence-corrected chi connectivity index (χ2v) is 4.40. The first-order chi connectivity index (χ1) is 8.58. The number of halogens is 1. The van der Waals surface area contributed by atoms with Crippen LogP contribution in [0.3, 0.4) is 0 Å². The van der Waals surface area contributed by atoms with Crippen molar-refractivity contribution in [2.24, 2.45) is 0 Å². The highest BCUT2D eigenvalue weighted by atomic mass is 35.5. The number of nitrogens with one attached hydrogen (secondary N) is 1. The number of nitrogens with zero attached hydrogens (tertiary/aromatic N) is 1. The molecule has 0 aliphatic carbocycles. The van der Waals surface area contributed by atoms with Crippen molar-refractivity contribution >= 4 is 18.3 Å². The Kier molecular flexibility index (Phi) is 8.19. The lowest BCUT2D eigenvalue weighted by Crippen LogP contribution is -2.33. The number of aryl methyl sites for hydroxylation is 1. The lowest BCUT2D eigenvalue weighted by molar-refractivity contribution is -0.129. The molecule has 1 N–H and O–H groups in total. The van der Waals surface area contributed by atoms with E-state index in [0.29, 0.717) is 6.42 Å². The molecule has 0 bridgehead atoms. The molecule has 0 heterocycles. The molecule has 0 saturated carbocycles. The maximum Gasteiger partial charge on any atom is 0.226 e. The van der Waals surface area contributed by atoms with Crippen molar-refractivity contribution in [2.45, 2.75) is 13.3 Å². The van der Waals surface area contributed by atoms with Gasteiger partial charge in [0.2, 0.25) is 5.91 Å². The summed E-state index contributed by atoms with van der Waals surface area (Å²) in [6.07, 6.45) is 0.414. The number of hydrogen-bond acceptors (Lipinski definition) is 3. The number of hydrogen-bond donors (Lipinski definition) is 1. The predicted molar refractivity (Wildman–Crippen MR) is 80.2 cm³/mol. The third-order valence-corrected chi connectivity index (χ3v) is 2.95. The van der Waals surface area contributed by atoms with Crippen LogP contribution in [0.2, 0.25) is 0 Å². The molecule has 108 valence electrons. The van der Waals surface area contributed by atoms with Gasteiger partial charge in [0, 0.05) is 20.1 Å². The third-order valence-electron chi connectivity index (χ3n) is 2.95. The molecule has 0 aromatic heterocycles. The van der Waals surface area contributed by atoms with Crippen molar-refractivity contribution < 1.29 is 9.53 Å². The molecule has 1 aromatic rings. The summed E-state index contributed by atoms with van der Waals surface area (Å²) in [6.45, 7) is 3.52. The summed E-state index contributed by atoms with van der Waals surface area (Å²) >= 11 is 0. The molecule has 1 rings (SSSR count). The number of carbonyl (C=O) groups is 1. The van der Waals surface area contributed by atoms with Crippen LogP contribution in [0.4, 0.5) is 0 Å². The van der Waals surface area contributed by atoms with Crippen LogP contribution >= 0.6 is 12.4 Å². The zero-order chi connectivity index (χ0) is 13.5. The molecule has 1 aromatic carbocycles. The van der Waals surface area contributed by atoms with E-state index in [0.717, 1.165) is 30.0 Å². The van der Waals surface area contributed by atoms with Crippen molar-refractivity contribution in [2.75, 3.05) is 34.3 Å². The fourth-order valence-corrected chi connectivity index (χ4v) is 1.69. The van der Waals surface area contributed by atoms with Gasteiger partial charge in [-0.05, 0) is 31.2 Å². The van der Waals surface area contributed by atoms with Gasteiger partial charge in [0.15, 0.2) is 0 Å². The average molecular weight is 287 g/mol. The number of rotatable bonds is 6. The number of ether oxygens (including phenoxy) is 1. The molecule has 5 heteroatoms. The normalized spacial score (nSPS) is 9.68. The average Bonchev–Trinajstić information content (AvgIpc) is 2.37.